The molecule has 2 aromatic carbocycles. The summed E-state index contributed by atoms with van der Waals surface area (Å²) in [6.07, 6.45) is -0.790. The lowest BCUT2D eigenvalue weighted by molar-refractivity contribution is -0.117. The standard InChI is InChI=1S/C20H23ClFN3O5S/c1-12(23-19(27)30-20(2,3)4)18(26)24-16-11-13(21)9-10-15(16)25-31(28,29)17-8-6-5-7-14(17)22/h5-12,25H,1-4H3,(H,23,27)(H,24,26). The molecule has 0 aliphatic carbocycles. The molecular weight excluding hydrogens is 449 g/mol. The highest BCUT2D eigenvalue weighted by Gasteiger charge is 2.23. The number of nitrogens with one attached hydrogen (secondary N) is 3. The number of benzene rings is 2. The Balaban J connectivity index is 2.21. The summed E-state index contributed by atoms with van der Waals surface area (Å²) in [7, 11) is -4.28. The topological polar surface area (TPSA) is 114 Å². The van der Waals surface area contributed by atoms with Crippen molar-refractivity contribution in [1.29, 1.82) is 0 Å². The van der Waals surface area contributed by atoms with Crippen LogP contribution in [-0.2, 0) is 19.6 Å². The molecule has 0 radical (unpaired) electrons. The number of ether oxygens (including phenoxy) is 1. The molecular formula is C20H23ClFN3O5S. The minimum absolute atomic E-state index is 0.0234. The number of amides is 2. The molecule has 0 aromatic heterocycles. The highest BCUT2D eigenvalue weighted by Crippen LogP contribution is 2.29. The normalized spacial score (nSPS) is 12.6. The fourth-order valence-electron chi connectivity index (χ4n) is 2.36. The molecule has 0 spiro atoms. The maximum Gasteiger partial charge on any atom is 0.408 e. The second-order valence-electron chi connectivity index (χ2n) is 7.58. The van der Waals surface area contributed by atoms with Crippen LogP contribution in [0.2, 0.25) is 5.02 Å². The van der Waals surface area contributed by atoms with Gasteiger partial charge in [-0.2, -0.15) is 0 Å². The van der Waals surface area contributed by atoms with Crippen LogP contribution in [0.5, 0.6) is 0 Å². The molecule has 31 heavy (non-hydrogen) atoms. The largest absolute Gasteiger partial charge is 0.444 e. The van der Waals surface area contributed by atoms with Crippen LogP contribution in [0.1, 0.15) is 27.7 Å². The van der Waals surface area contributed by atoms with E-state index in [1.165, 1.54) is 37.3 Å². The van der Waals surface area contributed by atoms with Crippen molar-refractivity contribution < 1.29 is 27.1 Å². The SMILES string of the molecule is CC(NC(=O)OC(C)(C)C)C(=O)Nc1cc(Cl)ccc1NS(=O)(=O)c1ccccc1F. The third-order valence-corrected chi connectivity index (χ3v) is 5.37. The smallest absolute Gasteiger partial charge is 0.408 e. The molecule has 0 bridgehead atoms. The molecule has 0 saturated heterocycles. The first kappa shape index (κ1) is 24.4. The van der Waals surface area contributed by atoms with Crippen LogP contribution < -0.4 is 15.4 Å². The molecule has 11 heteroatoms. The van der Waals surface area contributed by atoms with Gasteiger partial charge in [-0.25, -0.2) is 17.6 Å². The summed E-state index contributed by atoms with van der Waals surface area (Å²) in [5.41, 5.74) is -0.758. The lowest BCUT2D eigenvalue weighted by Gasteiger charge is -2.22. The second-order valence-corrected chi connectivity index (χ2v) is 9.67. The average Bonchev–Trinajstić information content (AvgIpc) is 2.62. The number of alkyl carbamates (subject to hydrolysis) is 1. The van der Waals surface area contributed by atoms with E-state index in [0.29, 0.717) is 0 Å². The van der Waals surface area contributed by atoms with Gasteiger partial charge in [0.25, 0.3) is 10.0 Å². The van der Waals surface area contributed by atoms with Gasteiger partial charge in [-0.05, 0) is 58.0 Å². The van der Waals surface area contributed by atoms with Crippen LogP contribution in [0.3, 0.4) is 0 Å². The van der Waals surface area contributed by atoms with Crippen LogP contribution in [0.25, 0.3) is 0 Å². The van der Waals surface area contributed by atoms with E-state index in [0.717, 1.165) is 12.1 Å². The van der Waals surface area contributed by atoms with E-state index in [1.54, 1.807) is 20.8 Å². The highest BCUT2D eigenvalue weighted by molar-refractivity contribution is 7.92. The van der Waals surface area contributed by atoms with E-state index in [2.05, 4.69) is 15.4 Å². The van der Waals surface area contributed by atoms with Crippen LogP contribution >= 0.6 is 11.6 Å². The van der Waals surface area contributed by atoms with Crippen molar-refractivity contribution in [2.45, 2.75) is 44.2 Å². The Labute approximate surface area is 185 Å². The molecule has 0 heterocycles. The molecule has 0 fully saturated rings. The minimum atomic E-state index is -4.28. The third kappa shape index (κ3) is 7.11. The van der Waals surface area contributed by atoms with E-state index in [1.807, 2.05) is 0 Å². The summed E-state index contributed by atoms with van der Waals surface area (Å²) >= 11 is 5.97. The molecule has 0 aliphatic rings. The molecule has 8 nitrogen and oxygen atoms in total. The Morgan fingerprint density at radius 2 is 1.74 bits per heavy atom. The Morgan fingerprint density at radius 1 is 1.10 bits per heavy atom. The van der Waals surface area contributed by atoms with Gasteiger partial charge >= 0.3 is 6.09 Å². The van der Waals surface area contributed by atoms with Gasteiger partial charge in [0.1, 0.15) is 22.4 Å². The van der Waals surface area contributed by atoms with Crippen molar-refractivity contribution in [2.75, 3.05) is 10.0 Å². The lowest BCUT2D eigenvalue weighted by atomic mass is 10.2. The van der Waals surface area contributed by atoms with Gasteiger partial charge in [-0.1, -0.05) is 23.7 Å². The molecule has 168 valence electrons. The van der Waals surface area contributed by atoms with Crippen molar-refractivity contribution in [1.82, 2.24) is 5.32 Å². The fraction of sp³-hybridized carbons (Fsp3) is 0.300. The van der Waals surface area contributed by atoms with E-state index < -0.39 is 44.4 Å². The zero-order valence-corrected chi connectivity index (χ0v) is 18.9. The van der Waals surface area contributed by atoms with Gasteiger partial charge < -0.3 is 15.4 Å². The first-order valence-corrected chi connectivity index (χ1v) is 11.0. The van der Waals surface area contributed by atoms with Crippen LogP contribution in [0.15, 0.2) is 47.4 Å². The summed E-state index contributed by atoms with van der Waals surface area (Å²) in [5.74, 6) is -1.58. The Morgan fingerprint density at radius 3 is 2.35 bits per heavy atom. The van der Waals surface area contributed by atoms with Crippen molar-refractivity contribution in [3.05, 3.63) is 53.3 Å². The minimum Gasteiger partial charge on any atom is -0.444 e. The van der Waals surface area contributed by atoms with Crippen molar-refractivity contribution in [2.24, 2.45) is 0 Å². The monoisotopic (exact) mass is 471 g/mol. The summed E-state index contributed by atoms with van der Waals surface area (Å²) in [6.45, 7) is 6.46. The molecule has 2 rings (SSSR count). The number of carbonyl (C=O) groups excluding carboxylic acids is 2. The van der Waals surface area contributed by atoms with Crippen molar-refractivity contribution in [3.63, 3.8) is 0 Å². The zero-order valence-electron chi connectivity index (χ0n) is 17.3. The van der Waals surface area contributed by atoms with E-state index in [9.17, 15) is 22.4 Å². The summed E-state index contributed by atoms with van der Waals surface area (Å²) in [6, 6.07) is 7.90. The molecule has 0 saturated carbocycles. The Bertz CT molecular complexity index is 1090. The van der Waals surface area contributed by atoms with Gasteiger partial charge in [0.2, 0.25) is 5.91 Å². The Kier molecular flexibility index (Phi) is 7.50. The van der Waals surface area contributed by atoms with Crippen LogP contribution in [0, 0.1) is 5.82 Å². The number of sulfonamides is 1. The maximum atomic E-state index is 13.9. The third-order valence-electron chi connectivity index (χ3n) is 3.74. The number of rotatable bonds is 6. The molecule has 2 amide bonds. The van der Waals surface area contributed by atoms with Crippen LogP contribution in [0.4, 0.5) is 20.6 Å². The van der Waals surface area contributed by atoms with Crippen LogP contribution in [-0.4, -0.2) is 32.1 Å². The highest BCUT2D eigenvalue weighted by atomic mass is 35.5. The van der Waals surface area contributed by atoms with E-state index >= 15 is 0 Å². The molecule has 2 aromatic rings. The number of halogens is 2. The van der Waals surface area contributed by atoms with Gasteiger partial charge in [0.05, 0.1) is 11.4 Å². The average molecular weight is 472 g/mol. The van der Waals surface area contributed by atoms with E-state index in [-0.39, 0.29) is 16.4 Å². The Hall–Kier alpha value is -2.85. The van der Waals surface area contributed by atoms with Gasteiger partial charge in [0, 0.05) is 5.02 Å². The molecule has 3 N–H and O–H groups in total. The zero-order chi connectivity index (χ0) is 23.4. The molecule has 1 unspecified atom stereocenters. The number of hydrogen-bond donors (Lipinski definition) is 3. The number of anilines is 2. The first-order valence-electron chi connectivity index (χ1n) is 9.16. The lowest BCUT2D eigenvalue weighted by Crippen LogP contribution is -2.44. The number of hydrogen-bond acceptors (Lipinski definition) is 5. The summed E-state index contributed by atoms with van der Waals surface area (Å²) in [5, 5.41) is 5.09. The molecule has 0 aliphatic heterocycles. The number of carbonyl (C=O) groups is 2. The predicted octanol–water partition coefficient (Wildman–Crippen LogP) is 4.13. The second kappa shape index (κ2) is 9.52. The molecule has 1 atom stereocenters. The van der Waals surface area contributed by atoms with Crippen molar-refractivity contribution in [3.8, 4) is 0 Å². The maximum absolute atomic E-state index is 13.9. The van der Waals surface area contributed by atoms with E-state index in [4.69, 9.17) is 16.3 Å². The summed E-state index contributed by atoms with van der Waals surface area (Å²) < 4.78 is 46.5. The van der Waals surface area contributed by atoms with Crippen molar-refractivity contribution >= 4 is 45.0 Å². The van der Waals surface area contributed by atoms with Gasteiger partial charge in [-0.15, -0.1) is 0 Å². The summed E-state index contributed by atoms with van der Waals surface area (Å²) in [4.78, 5) is 23.8. The predicted molar refractivity (Wildman–Crippen MR) is 116 cm³/mol. The van der Waals surface area contributed by atoms with Gasteiger partial charge in [0.15, 0.2) is 0 Å². The van der Waals surface area contributed by atoms with Gasteiger partial charge in [-0.3, -0.25) is 9.52 Å². The quantitative estimate of drug-likeness (QED) is 0.586. The fourth-order valence-corrected chi connectivity index (χ4v) is 3.69. The first-order chi connectivity index (χ1) is 14.3.